The van der Waals surface area contributed by atoms with Crippen molar-refractivity contribution < 1.29 is 19.1 Å². The first-order chi connectivity index (χ1) is 14.9. The molecule has 2 aliphatic heterocycles. The molecule has 3 heterocycles. The van der Waals surface area contributed by atoms with Gasteiger partial charge < -0.3 is 24.1 Å². The predicted octanol–water partition coefficient (Wildman–Crippen LogP) is 2.57. The van der Waals surface area contributed by atoms with E-state index in [9.17, 15) is 14.7 Å². The fraction of sp³-hybridized carbons (Fsp3) is 0.583. The highest BCUT2D eigenvalue weighted by Gasteiger charge is 2.31. The van der Waals surface area contributed by atoms with E-state index >= 15 is 0 Å². The summed E-state index contributed by atoms with van der Waals surface area (Å²) >= 11 is 0. The van der Waals surface area contributed by atoms with Crippen LogP contribution in [0.2, 0.25) is 0 Å². The molecule has 0 bridgehead atoms. The largest absolute Gasteiger partial charge is 0.481 e. The van der Waals surface area contributed by atoms with Crippen LogP contribution in [0.5, 0.6) is 5.75 Å². The zero-order chi connectivity index (χ0) is 22.0. The quantitative estimate of drug-likeness (QED) is 0.737. The zero-order valence-corrected chi connectivity index (χ0v) is 18.4. The number of piperidine rings is 2. The molecule has 0 aliphatic carbocycles. The SMILES string of the molecule is CCc1cc(=O)oc2cc(OC(C)C(=O)N3CCC(N4CCC(O)CC4)CC3)ccc12. The Bertz CT molecular complexity index is 972. The molecule has 7 nitrogen and oxygen atoms in total. The molecule has 1 atom stereocenters. The number of likely N-dealkylation sites (tertiary alicyclic amines) is 2. The summed E-state index contributed by atoms with van der Waals surface area (Å²) in [7, 11) is 0. The summed E-state index contributed by atoms with van der Waals surface area (Å²) in [6, 6.07) is 7.40. The Kier molecular flexibility index (Phi) is 6.62. The van der Waals surface area contributed by atoms with Gasteiger partial charge in [0.05, 0.1) is 6.10 Å². The maximum atomic E-state index is 12.9. The third kappa shape index (κ3) is 4.93. The fourth-order valence-electron chi connectivity index (χ4n) is 4.79. The van der Waals surface area contributed by atoms with Crippen molar-refractivity contribution in [2.24, 2.45) is 0 Å². The summed E-state index contributed by atoms with van der Waals surface area (Å²) < 4.78 is 11.2. The number of rotatable bonds is 5. The summed E-state index contributed by atoms with van der Waals surface area (Å²) in [5.41, 5.74) is 1.04. The van der Waals surface area contributed by atoms with Crippen LogP contribution in [0.3, 0.4) is 0 Å². The lowest BCUT2D eigenvalue weighted by Gasteiger charge is -2.41. The van der Waals surface area contributed by atoms with Crippen molar-refractivity contribution in [1.82, 2.24) is 9.80 Å². The van der Waals surface area contributed by atoms with E-state index in [1.807, 2.05) is 24.0 Å². The molecule has 2 saturated heterocycles. The smallest absolute Gasteiger partial charge is 0.336 e. The third-order valence-corrected chi connectivity index (χ3v) is 6.63. The number of aryl methyl sites for hydroxylation is 1. The summed E-state index contributed by atoms with van der Waals surface area (Å²) in [5.74, 6) is 0.503. The van der Waals surface area contributed by atoms with Gasteiger partial charge in [-0.15, -0.1) is 0 Å². The Morgan fingerprint density at radius 2 is 1.87 bits per heavy atom. The molecule has 7 heteroatoms. The van der Waals surface area contributed by atoms with Gasteiger partial charge in [0.2, 0.25) is 0 Å². The minimum absolute atomic E-state index is 0.0172. The summed E-state index contributed by atoms with van der Waals surface area (Å²) in [6.07, 6.45) is 3.56. The molecule has 0 radical (unpaired) electrons. The Labute approximate surface area is 182 Å². The van der Waals surface area contributed by atoms with Gasteiger partial charge in [-0.1, -0.05) is 6.92 Å². The van der Waals surface area contributed by atoms with E-state index in [4.69, 9.17) is 9.15 Å². The van der Waals surface area contributed by atoms with Crippen LogP contribution < -0.4 is 10.4 Å². The normalized spacial score (nSPS) is 20.2. The van der Waals surface area contributed by atoms with Gasteiger partial charge in [0.15, 0.2) is 6.10 Å². The fourth-order valence-corrected chi connectivity index (χ4v) is 4.79. The second-order valence-corrected chi connectivity index (χ2v) is 8.69. The molecule has 0 spiro atoms. The van der Waals surface area contributed by atoms with Gasteiger partial charge in [0, 0.05) is 49.7 Å². The summed E-state index contributed by atoms with van der Waals surface area (Å²) in [4.78, 5) is 29.1. The molecule has 2 aliphatic rings. The van der Waals surface area contributed by atoms with E-state index in [0.29, 0.717) is 17.4 Å². The van der Waals surface area contributed by atoms with Crippen LogP contribution >= 0.6 is 0 Å². The number of hydrogen-bond donors (Lipinski definition) is 1. The molecule has 1 unspecified atom stereocenters. The first kappa shape index (κ1) is 21.8. The van der Waals surface area contributed by atoms with Gasteiger partial charge in [0.25, 0.3) is 5.91 Å². The van der Waals surface area contributed by atoms with Gasteiger partial charge in [-0.2, -0.15) is 0 Å². The molecule has 1 aromatic carbocycles. The number of nitrogens with zero attached hydrogens (tertiary/aromatic N) is 2. The molecular weight excluding hydrogens is 396 g/mol. The van der Waals surface area contributed by atoms with Crippen molar-refractivity contribution in [3.63, 3.8) is 0 Å². The van der Waals surface area contributed by atoms with Crippen molar-refractivity contribution >= 4 is 16.9 Å². The van der Waals surface area contributed by atoms with E-state index < -0.39 is 6.10 Å². The first-order valence-electron chi connectivity index (χ1n) is 11.4. The zero-order valence-electron chi connectivity index (χ0n) is 18.4. The van der Waals surface area contributed by atoms with Crippen LogP contribution in [0.15, 0.2) is 33.5 Å². The number of ether oxygens (including phenoxy) is 1. The molecule has 1 aromatic heterocycles. The van der Waals surface area contributed by atoms with Crippen LogP contribution in [-0.4, -0.2) is 65.2 Å². The van der Waals surface area contributed by atoms with Gasteiger partial charge in [-0.3, -0.25) is 4.79 Å². The Morgan fingerprint density at radius 3 is 2.55 bits per heavy atom. The number of fused-ring (bicyclic) bond motifs is 1. The third-order valence-electron chi connectivity index (χ3n) is 6.63. The molecule has 0 saturated carbocycles. The second kappa shape index (κ2) is 9.40. The lowest BCUT2D eigenvalue weighted by atomic mass is 9.98. The van der Waals surface area contributed by atoms with Gasteiger partial charge >= 0.3 is 5.63 Å². The Morgan fingerprint density at radius 1 is 1.16 bits per heavy atom. The van der Waals surface area contributed by atoms with Crippen LogP contribution in [0.25, 0.3) is 11.0 Å². The maximum absolute atomic E-state index is 12.9. The van der Waals surface area contributed by atoms with Crippen molar-refractivity contribution in [3.05, 3.63) is 40.2 Å². The van der Waals surface area contributed by atoms with E-state index in [2.05, 4.69) is 4.90 Å². The number of amides is 1. The standard InChI is InChI=1S/C24H32N2O5/c1-3-17-14-23(28)31-22-15-20(4-5-21(17)22)30-16(2)24(29)26-10-6-18(7-11-26)25-12-8-19(27)9-13-25/h4-5,14-16,18-19,27H,3,6-13H2,1-2H3. The Balaban J connectivity index is 1.35. The predicted molar refractivity (Wildman–Crippen MR) is 118 cm³/mol. The van der Waals surface area contributed by atoms with Gasteiger partial charge in [-0.05, 0) is 56.7 Å². The maximum Gasteiger partial charge on any atom is 0.336 e. The average molecular weight is 429 g/mol. The van der Waals surface area contributed by atoms with E-state index in [0.717, 1.165) is 69.2 Å². The summed E-state index contributed by atoms with van der Waals surface area (Å²) in [6.45, 7) is 7.10. The molecule has 1 N–H and O–H groups in total. The van der Waals surface area contributed by atoms with Crippen molar-refractivity contribution in [2.75, 3.05) is 26.2 Å². The van der Waals surface area contributed by atoms with Gasteiger partial charge in [0.1, 0.15) is 11.3 Å². The van der Waals surface area contributed by atoms with Gasteiger partial charge in [-0.25, -0.2) is 4.79 Å². The molecule has 168 valence electrons. The van der Waals surface area contributed by atoms with Crippen LogP contribution in [0.4, 0.5) is 0 Å². The average Bonchev–Trinajstić information content (AvgIpc) is 2.78. The number of benzene rings is 1. The van der Waals surface area contributed by atoms with Crippen molar-refractivity contribution in [3.8, 4) is 5.75 Å². The topological polar surface area (TPSA) is 83.2 Å². The number of carbonyl (C=O) groups excluding carboxylic acids is 1. The lowest BCUT2D eigenvalue weighted by molar-refractivity contribution is -0.139. The number of aliphatic hydroxyl groups excluding tert-OH is 1. The molecule has 4 rings (SSSR count). The monoisotopic (exact) mass is 428 g/mol. The minimum atomic E-state index is -0.611. The number of aliphatic hydroxyl groups is 1. The highest BCUT2D eigenvalue weighted by molar-refractivity contribution is 5.83. The molecule has 2 fully saturated rings. The molecular formula is C24H32N2O5. The molecule has 2 aromatic rings. The Hall–Kier alpha value is -2.38. The number of hydrogen-bond acceptors (Lipinski definition) is 6. The molecule has 1 amide bonds. The first-order valence-corrected chi connectivity index (χ1v) is 11.4. The highest BCUT2D eigenvalue weighted by atomic mass is 16.5. The minimum Gasteiger partial charge on any atom is -0.481 e. The molecule has 31 heavy (non-hydrogen) atoms. The lowest BCUT2D eigenvalue weighted by Crippen LogP contribution is -2.51. The second-order valence-electron chi connectivity index (χ2n) is 8.69. The highest BCUT2D eigenvalue weighted by Crippen LogP contribution is 2.25. The van der Waals surface area contributed by atoms with Crippen molar-refractivity contribution in [2.45, 2.75) is 64.2 Å². The van der Waals surface area contributed by atoms with Crippen LogP contribution in [0, 0.1) is 0 Å². The van der Waals surface area contributed by atoms with E-state index in [-0.39, 0.29) is 17.6 Å². The summed E-state index contributed by atoms with van der Waals surface area (Å²) in [5, 5.41) is 10.6. The van der Waals surface area contributed by atoms with Crippen LogP contribution in [-0.2, 0) is 11.2 Å². The van der Waals surface area contributed by atoms with E-state index in [1.54, 1.807) is 13.0 Å². The van der Waals surface area contributed by atoms with E-state index in [1.165, 1.54) is 6.07 Å². The van der Waals surface area contributed by atoms with Crippen LogP contribution in [0.1, 0.15) is 45.1 Å². The number of carbonyl (C=O) groups is 1. The van der Waals surface area contributed by atoms with Crippen molar-refractivity contribution in [1.29, 1.82) is 0 Å².